The van der Waals surface area contributed by atoms with Crippen LogP contribution in [0.25, 0.3) is 16.2 Å². The standard InChI is InChI=1S/C19H23N3S/c1-12(2)13-7-9-14(10-8-13)18-16(11-20)22-15-5-3-4-6-17(15)23-19(22)21-18/h7-10,12H,3-6,11,20H2,1-2H3. The fourth-order valence-corrected chi connectivity index (χ4v) is 4.77. The third-order valence-corrected chi connectivity index (χ3v) is 6.00. The number of rotatable bonds is 3. The minimum absolute atomic E-state index is 0.533. The van der Waals surface area contributed by atoms with Crippen molar-refractivity contribution in [2.24, 2.45) is 5.73 Å². The molecule has 1 aliphatic carbocycles. The average molecular weight is 325 g/mol. The van der Waals surface area contributed by atoms with Gasteiger partial charge in [-0.25, -0.2) is 4.98 Å². The second kappa shape index (κ2) is 5.77. The predicted octanol–water partition coefficient (Wildman–Crippen LogP) is 4.52. The van der Waals surface area contributed by atoms with Gasteiger partial charge in [0, 0.05) is 22.7 Å². The Labute approximate surface area is 141 Å². The highest BCUT2D eigenvalue weighted by Crippen LogP contribution is 2.35. The molecule has 23 heavy (non-hydrogen) atoms. The fraction of sp³-hybridized carbons (Fsp3) is 0.421. The van der Waals surface area contributed by atoms with Gasteiger partial charge in [0.1, 0.15) is 0 Å². The molecule has 0 saturated carbocycles. The topological polar surface area (TPSA) is 43.3 Å². The Morgan fingerprint density at radius 3 is 2.61 bits per heavy atom. The molecule has 0 spiro atoms. The summed E-state index contributed by atoms with van der Waals surface area (Å²) in [7, 11) is 0. The number of fused-ring (bicyclic) bond motifs is 3. The van der Waals surface area contributed by atoms with Gasteiger partial charge < -0.3 is 5.73 Å². The largest absolute Gasteiger partial charge is 0.325 e. The summed E-state index contributed by atoms with van der Waals surface area (Å²) in [5.41, 5.74) is 12.3. The second-order valence-corrected chi connectivity index (χ2v) is 7.75. The maximum atomic E-state index is 6.11. The van der Waals surface area contributed by atoms with Crippen molar-refractivity contribution in [3.8, 4) is 11.3 Å². The predicted molar refractivity (Wildman–Crippen MR) is 97.1 cm³/mol. The van der Waals surface area contributed by atoms with Crippen LogP contribution in [0.1, 0.15) is 54.4 Å². The molecule has 120 valence electrons. The van der Waals surface area contributed by atoms with Gasteiger partial charge >= 0.3 is 0 Å². The fourth-order valence-electron chi connectivity index (χ4n) is 3.54. The number of aromatic nitrogens is 2. The molecule has 0 amide bonds. The smallest absolute Gasteiger partial charge is 0.194 e. The molecule has 0 bridgehead atoms. The maximum absolute atomic E-state index is 6.11. The van der Waals surface area contributed by atoms with Crippen molar-refractivity contribution in [3.63, 3.8) is 0 Å². The van der Waals surface area contributed by atoms with Crippen LogP contribution in [-0.4, -0.2) is 9.38 Å². The van der Waals surface area contributed by atoms with E-state index < -0.39 is 0 Å². The molecule has 4 heteroatoms. The molecule has 2 N–H and O–H groups in total. The van der Waals surface area contributed by atoms with E-state index in [0.29, 0.717) is 12.5 Å². The molecule has 0 fully saturated rings. The lowest BCUT2D eigenvalue weighted by molar-refractivity contribution is 0.670. The van der Waals surface area contributed by atoms with E-state index in [2.05, 4.69) is 42.5 Å². The molecule has 0 saturated heterocycles. The van der Waals surface area contributed by atoms with Crippen LogP contribution in [0.5, 0.6) is 0 Å². The highest BCUT2D eigenvalue weighted by Gasteiger charge is 2.22. The summed E-state index contributed by atoms with van der Waals surface area (Å²) in [6.45, 7) is 4.98. The van der Waals surface area contributed by atoms with E-state index >= 15 is 0 Å². The number of thiazole rings is 1. The van der Waals surface area contributed by atoms with Gasteiger partial charge in [0.2, 0.25) is 0 Å². The lowest BCUT2D eigenvalue weighted by atomic mass is 10.00. The monoisotopic (exact) mass is 325 g/mol. The van der Waals surface area contributed by atoms with Crippen molar-refractivity contribution >= 4 is 16.3 Å². The maximum Gasteiger partial charge on any atom is 0.194 e. The highest BCUT2D eigenvalue weighted by atomic mass is 32.1. The zero-order valence-electron chi connectivity index (χ0n) is 13.8. The first-order chi connectivity index (χ1) is 11.2. The van der Waals surface area contributed by atoms with Gasteiger partial charge in [0.25, 0.3) is 0 Å². The van der Waals surface area contributed by atoms with Crippen molar-refractivity contribution in [1.29, 1.82) is 0 Å². The molecule has 1 aromatic carbocycles. The van der Waals surface area contributed by atoms with Gasteiger partial charge in [-0.1, -0.05) is 38.1 Å². The summed E-state index contributed by atoms with van der Waals surface area (Å²) in [6.07, 6.45) is 4.94. The first-order valence-electron chi connectivity index (χ1n) is 8.51. The van der Waals surface area contributed by atoms with Crippen LogP contribution >= 0.6 is 11.3 Å². The van der Waals surface area contributed by atoms with E-state index in [-0.39, 0.29) is 0 Å². The second-order valence-electron chi connectivity index (χ2n) is 6.68. The van der Waals surface area contributed by atoms with Crippen LogP contribution in [0.2, 0.25) is 0 Å². The van der Waals surface area contributed by atoms with E-state index in [4.69, 9.17) is 10.7 Å². The van der Waals surface area contributed by atoms with E-state index in [9.17, 15) is 0 Å². The first kappa shape index (κ1) is 14.9. The quantitative estimate of drug-likeness (QED) is 0.769. The van der Waals surface area contributed by atoms with Gasteiger partial charge in [0.05, 0.1) is 11.4 Å². The van der Waals surface area contributed by atoms with Crippen LogP contribution in [-0.2, 0) is 19.4 Å². The number of imidazole rings is 1. The summed E-state index contributed by atoms with van der Waals surface area (Å²) in [5.74, 6) is 0.551. The summed E-state index contributed by atoms with van der Waals surface area (Å²) in [4.78, 5) is 7.56. The Morgan fingerprint density at radius 2 is 1.91 bits per heavy atom. The van der Waals surface area contributed by atoms with Gasteiger partial charge in [-0.3, -0.25) is 4.40 Å². The molecular weight excluding hydrogens is 302 g/mol. The molecule has 0 radical (unpaired) electrons. The first-order valence-corrected chi connectivity index (χ1v) is 9.33. The summed E-state index contributed by atoms with van der Waals surface area (Å²) >= 11 is 1.85. The molecule has 1 aliphatic rings. The van der Waals surface area contributed by atoms with Crippen LogP contribution in [0, 0.1) is 0 Å². The molecule has 4 rings (SSSR count). The van der Waals surface area contributed by atoms with Crippen molar-refractivity contribution in [2.45, 2.75) is 52.0 Å². The molecule has 2 aromatic heterocycles. The number of nitrogens with two attached hydrogens (primary N) is 1. The zero-order chi connectivity index (χ0) is 16.0. The van der Waals surface area contributed by atoms with Crippen LogP contribution in [0.15, 0.2) is 24.3 Å². The van der Waals surface area contributed by atoms with Crippen molar-refractivity contribution in [3.05, 3.63) is 46.1 Å². The normalized spacial score (nSPS) is 14.6. The third kappa shape index (κ3) is 2.41. The Morgan fingerprint density at radius 1 is 1.17 bits per heavy atom. The Hall–Kier alpha value is -1.65. The molecule has 2 heterocycles. The minimum atomic E-state index is 0.533. The van der Waals surface area contributed by atoms with Crippen LogP contribution in [0.4, 0.5) is 0 Å². The molecule has 3 aromatic rings. The average Bonchev–Trinajstić information content (AvgIpc) is 3.10. The van der Waals surface area contributed by atoms with Gasteiger partial charge in [-0.2, -0.15) is 0 Å². The van der Waals surface area contributed by atoms with Crippen molar-refractivity contribution < 1.29 is 0 Å². The summed E-state index contributed by atoms with van der Waals surface area (Å²) < 4.78 is 2.34. The number of nitrogens with zero attached hydrogens (tertiary/aromatic N) is 2. The number of aryl methyl sites for hydroxylation is 2. The zero-order valence-corrected chi connectivity index (χ0v) is 14.6. The molecule has 3 nitrogen and oxygen atoms in total. The molecule has 0 unspecified atom stereocenters. The van der Waals surface area contributed by atoms with E-state index in [1.165, 1.54) is 41.0 Å². The minimum Gasteiger partial charge on any atom is -0.325 e. The van der Waals surface area contributed by atoms with Crippen LogP contribution < -0.4 is 5.73 Å². The highest BCUT2D eigenvalue weighted by molar-refractivity contribution is 7.17. The van der Waals surface area contributed by atoms with Crippen LogP contribution in [0.3, 0.4) is 0 Å². The van der Waals surface area contributed by atoms with Crippen molar-refractivity contribution in [2.75, 3.05) is 0 Å². The molecule has 0 atom stereocenters. The Kier molecular flexibility index (Phi) is 3.74. The lowest BCUT2D eigenvalue weighted by Gasteiger charge is -2.12. The Balaban J connectivity index is 1.85. The van der Waals surface area contributed by atoms with E-state index in [0.717, 1.165) is 22.8 Å². The number of benzene rings is 1. The van der Waals surface area contributed by atoms with Gasteiger partial charge in [-0.05, 0) is 37.2 Å². The van der Waals surface area contributed by atoms with Crippen molar-refractivity contribution in [1.82, 2.24) is 9.38 Å². The number of hydrogen-bond donors (Lipinski definition) is 1. The Bertz CT molecular complexity index is 840. The number of hydrogen-bond acceptors (Lipinski definition) is 3. The summed E-state index contributed by atoms with van der Waals surface area (Å²) in [6, 6.07) is 8.80. The third-order valence-electron chi connectivity index (χ3n) is 4.86. The van der Waals surface area contributed by atoms with Gasteiger partial charge in [0.15, 0.2) is 4.96 Å². The van der Waals surface area contributed by atoms with E-state index in [1.807, 2.05) is 11.3 Å². The molecular formula is C19H23N3S. The SMILES string of the molecule is CC(C)c1ccc(-c2nc3sc4c(n3c2CN)CCCC4)cc1. The van der Waals surface area contributed by atoms with E-state index in [1.54, 1.807) is 0 Å². The lowest BCUT2D eigenvalue weighted by Crippen LogP contribution is -2.08. The molecule has 0 aliphatic heterocycles. The summed E-state index contributed by atoms with van der Waals surface area (Å²) in [5, 5.41) is 0. The van der Waals surface area contributed by atoms with Gasteiger partial charge in [-0.15, -0.1) is 11.3 Å².